The van der Waals surface area contributed by atoms with E-state index in [1.54, 1.807) is 0 Å². The van der Waals surface area contributed by atoms with Gasteiger partial charge in [0.15, 0.2) is 0 Å². The van der Waals surface area contributed by atoms with Crippen molar-refractivity contribution in [1.82, 2.24) is 4.90 Å². The highest BCUT2D eigenvalue weighted by Gasteiger charge is 2.12. The fourth-order valence-electron chi connectivity index (χ4n) is 2.69. The third-order valence-corrected chi connectivity index (χ3v) is 3.76. The molecule has 22 heavy (non-hydrogen) atoms. The number of rotatable bonds is 7. The summed E-state index contributed by atoms with van der Waals surface area (Å²) in [5.74, 6) is 0.149. The molecular formula is C17H23NO4. The predicted molar refractivity (Wildman–Crippen MR) is 86.2 cm³/mol. The van der Waals surface area contributed by atoms with Gasteiger partial charge in [-0.05, 0) is 36.6 Å². The summed E-state index contributed by atoms with van der Waals surface area (Å²) in [5.41, 5.74) is 1.67. The Bertz CT molecular complexity index is 687. The van der Waals surface area contributed by atoms with Crippen molar-refractivity contribution in [1.29, 1.82) is 0 Å². The van der Waals surface area contributed by atoms with E-state index in [0.29, 0.717) is 25.1 Å². The smallest absolute Gasteiger partial charge is 0.336 e. The molecule has 1 aromatic heterocycles. The maximum atomic E-state index is 11.8. The number of phenols is 1. The van der Waals surface area contributed by atoms with Crippen LogP contribution in [-0.4, -0.2) is 34.8 Å². The van der Waals surface area contributed by atoms with Crippen molar-refractivity contribution in [3.8, 4) is 5.75 Å². The number of aliphatic hydroxyl groups is 1. The number of hydrogen-bond acceptors (Lipinski definition) is 5. The zero-order valence-corrected chi connectivity index (χ0v) is 13.1. The van der Waals surface area contributed by atoms with Crippen LogP contribution in [0, 0.1) is 0 Å². The van der Waals surface area contributed by atoms with Gasteiger partial charge in [0.1, 0.15) is 11.3 Å². The minimum absolute atomic E-state index is 0.0837. The van der Waals surface area contributed by atoms with Crippen LogP contribution in [0.15, 0.2) is 27.4 Å². The van der Waals surface area contributed by atoms with Gasteiger partial charge in [-0.3, -0.25) is 4.90 Å². The third kappa shape index (κ3) is 3.67. The van der Waals surface area contributed by atoms with Gasteiger partial charge in [0.25, 0.3) is 0 Å². The number of hydrogen-bond donors (Lipinski definition) is 2. The fraction of sp³-hybridized carbons (Fsp3) is 0.471. The zero-order valence-electron chi connectivity index (χ0n) is 13.1. The molecule has 0 fully saturated rings. The molecule has 0 saturated carbocycles. The van der Waals surface area contributed by atoms with Gasteiger partial charge in [-0.2, -0.15) is 0 Å². The van der Waals surface area contributed by atoms with E-state index in [-0.39, 0.29) is 12.4 Å². The Labute approximate surface area is 129 Å². The van der Waals surface area contributed by atoms with E-state index in [2.05, 4.69) is 11.8 Å². The zero-order chi connectivity index (χ0) is 16.1. The Morgan fingerprint density at radius 1 is 1.14 bits per heavy atom. The summed E-state index contributed by atoms with van der Waals surface area (Å²) >= 11 is 0. The van der Waals surface area contributed by atoms with Gasteiger partial charge in [0, 0.05) is 30.6 Å². The maximum absolute atomic E-state index is 11.8. The molecule has 0 bridgehead atoms. The summed E-state index contributed by atoms with van der Waals surface area (Å²) in [4.78, 5) is 13.9. The average Bonchev–Trinajstić information content (AvgIpc) is 2.47. The van der Waals surface area contributed by atoms with Crippen LogP contribution in [0.25, 0.3) is 11.0 Å². The molecule has 1 aromatic carbocycles. The second kappa shape index (κ2) is 7.42. The van der Waals surface area contributed by atoms with E-state index in [1.165, 1.54) is 12.1 Å². The second-order valence-corrected chi connectivity index (χ2v) is 5.42. The first-order chi connectivity index (χ1) is 10.6. The van der Waals surface area contributed by atoms with Crippen molar-refractivity contribution in [2.24, 2.45) is 0 Å². The summed E-state index contributed by atoms with van der Waals surface area (Å²) in [6.45, 7) is 6.12. The van der Waals surface area contributed by atoms with Crippen molar-refractivity contribution in [3.05, 3.63) is 39.7 Å². The summed E-state index contributed by atoms with van der Waals surface area (Å²) < 4.78 is 5.20. The summed E-state index contributed by atoms with van der Waals surface area (Å²) in [6, 6.07) is 4.89. The summed E-state index contributed by atoms with van der Waals surface area (Å²) in [7, 11) is 0. The van der Waals surface area contributed by atoms with Crippen LogP contribution in [0.5, 0.6) is 5.75 Å². The van der Waals surface area contributed by atoms with Crippen LogP contribution >= 0.6 is 0 Å². The van der Waals surface area contributed by atoms with E-state index in [4.69, 9.17) is 4.42 Å². The molecule has 2 aromatic rings. The van der Waals surface area contributed by atoms with Crippen LogP contribution in [0.4, 0.5) is 0 Å². The molecule has 120 valence electrons. The highest BCUT2D eigenvalue weighted by molar-refractivity contribution is 5.82. The van der Waals surface area contributed by atoms with Crippen molar-refractivity contribution in [2.45, 2.75) is 33.2 Å². The molecule has 1 heterocycles. The van der Waals surface area contributed by atoms with Gasteiger partial charge in [0.2, 0.25) is 0 Å². The van der Waals surface area contributed by atoms with Gasteiger partial charge < -0.3 is 14.6 Å². The molecule has 0 spiro atoms. The van der Waals surface area contributed by atoms with Gasteiger partial charge >= 0.3 is 5.63 Å². The van der Waals surface area contributed by atoms with E-state index in [0.717, 1.165) is 29.5 Å². The quantitative estimate of drug-likeness (QED) is 0.768. The monoisotopic (exact) mass is 305 g/mol. The Hall–Kier alpha value is -1.85. The Morgan fingerprint density at radius 3 is 2.55 bits per heavy atom. The Morgan fingerprint density at radius 2 is 1.91 bits per heavy atom. The molecule has 0 radical (unpaired) electrons. The molecule has 2 N–H and O–H groups in total. The lowest BCUT2D eigenvalue weighted by Gasteiger charge is -2.21. The highest BCUT2D eigenvalue weighted by Crippen LogP contribution is 2.27. The molecule has 2 rings (SSSR count). The molecule has 5 nitrogen and oxygen atoms in total. The number of aliphatic hydroxyl groups excluding tert-OH is 1. The maximum Gasteiger partial charge on any atom is 0.336 e. The highest BCUT2D eigenvalue weighted by atomic mass is 16.4. The van der Waals surface area contributed by atoms with Gasteiger partial charge in [0.05, 0.1) is 6.61 Å². The lowest BCUT2D eigenvalue weighted by molar-refractivity contribution is 0.190. The minimum atomic E-state index is -0.424. The number of aryl methyl sites for hydroxylation is 1. The fourth-order valence-corrected chi connectivity index (χ4v) is 2.69. The van der Waals surface area contributed by atoms with E-state index in [1.807, 2.05) is 13.0 Å². The largest absolute Gasteiger partial charge is 0.508 e. The molecule has 0 amide bonds. The standard InChI is InChI=1S/C17H23NO4/c1-3-5-18(6-7-19)11-13-9-17(21)22-16-10-15(20)12(4-2)8-14(13)16/h8-10,19-20H,3-7,11H2,1-2H3. The van der Waals surface area contributed by atoms with Crippen molar-refractivity contribution in [3.63, 3.8) is 0 Å². The van der Waals surface area contributed by atoms with Crippen molar-refractivity contribution >= 4 is 11.0 Å². The SMILES string of the molecule is CCCN(CCO)Cc1cc(=O)oc2cc(O)c(CC)cc12. The van der Waals surface area contributed by atoms with Crippen molar-refractivity contribution in [2.75, 3.05) is 19.7 Å². The predicted octanol–water partition coefficient (Wildman–Crippen LogP) is 2.27. The first-order valence-electron chi connectivity index (χ1n) is 7.70. The lowest BCUT2D eigenvalue weighted by atomic mass is 10.0. The summed E-state index contributed by atoms with van der Waals surface area (Å²) in [6.07, 6.45) is 1.68. The first-order valence-corrected chi connectivity index (χ1v) is 7.70. The lowest BCUT2D eigenvalue weighted by Crippen LogP contribution is -2.27. The van der Waals surface area contributed by atoms with Crippen LogP contribution in [-0.2, 0) is 13.0 Å². The van der Waals surface area contributed by atoms with Gasteiger partial charge in [-0.15, -0.1) is 0 Å². The number of phenolic OH excluding ortho intramolecular Hbond substituents is 1. The third-order valence-electron chi connectivity index (χ3n) is 3.76. The molecule has 0 aliphatic heterocycles. The topological polar surface area (TPSA) is 73.9 Å². The van der Waals surface area contributed by atoms with E-state index < -0.39 is 5.63 Å². The van der Waals surface area contributed by atoms with Crippen LogP contribution < -0.4 is 5.63 Å². The second-order valence-electron chi connectivity index (χ2n) is 5.42. The summed E-state index contributed by atoms with van der Waals surface area (Å²) in [5, 5.41) is 19.9. The number of nitrogens with zero attached hydrogens (tertiary/aromatic N) is 1. The number of fused-ring (bicyclic) bond motifs is 1. The number of benzene rings is 1. The van der Waals surface area contributed by atoms with Crippen LogP contribution in [0.3, 0.4) is 0 Å². The van der Waals surface area contributed by atoms with E-state index in [9.17, 15) is 15.0 Å². The number of aromatic hydroxyl groups is 1. The molecule has 0 aliphatic carbocycles. The minimum Gasteiger partial charge on any atom is -0.508 e. The molecule has 0 atom stereocenters. The Balaban J connectivity index is 2.49. The molecular weight excluding hydrogens is 282 g/mol. The molecule has 5 heteroatoms. The first kappa shape index (κ1) is 16.5. The van der Waals surface area contributed by atoms with Gasteiger partial charge in [-0.1, -0.05) is 13.8 Å². The van der Waals surface area contributed by atoms with Gasteiger partial charge in [-0.25, -0.2) is 4.79 Å². The Kier molecular flexibility index (Phi) is 5.57. The molecule has 0 saturated heterocycles. The molecule has 0 unspecified atom stereocenters. The molecule has 0 aliphatic rings. The normalized spacial score (nSPS) is 11.5. The van der Waals surface area contributed by atoms with Crippen LogP contribution in [0.2, 0.25) is 0 Å². The average molecular weight is 305 g/mol. The van der Waals surface area contributed by atoms with Crippen molar-refractivity contribution < 1.29 is 14.6 Å². The van der Waals surface area contributed by atoms with E-state index >= 15 is 0 Å². The van der Waals surface area contributed by atoms with Crippen LogP contribution in [0.1, 0.15) is 31.4 Å².